The fourth-order valence-corrected chi connectivity index (χ4v) is 2.05. The van der Waals surface area contributed by atoms with E-state index in [1.807, 2.05) is 6.92 Å². The van der Waals surface area contributed by atoms with Crippen molar-refractivity contribution in [2.75, 3.05) is 25.6 Å². The summed E-state index contributed by atoms with van der Waals surface area (Å²) in [4.78, 5) is 18.8. The van der Waals surface area contributed by atoms with E-state index < -0.39 is 0 Å². The lowest BCUT2D eigenvalue weighted by Gasteiger charge is -2.12. The lowest BCUT2D eigenvalue weighted by Crippen LogP contribution is -2.18. The van der Waals surface area contributed by atoms with Crippen LogP contribution in [0.1, 0.15) is 18.5 Å². The molecule has 7 nitrogen and oxygen atoms in total. The van der Waals surface area contributed by atoms with Crippen molar-refractivity contribution in [2.24, 2.45) is 0 Å². The molecule has 8 heteroatoms. The van der Waals surface area contributed by atoms with Gasteiger partial charge in [-0.15, -0.1) is 0 Å². The van der Waals surface area contributed by atoms with Gasteiger partial charge in [-0.1, -0.05) is 18.5 Å². The van der Waals surface area contributed by atoms with Crippen molar-refractivity contribution in [3.63, 3.8) is 0 Å². The number of H-pyrrole nitrogens is 1. The Morgan fingerprint density at radius 1 is 1.57 bits per heavy atom. The van der Waals surface area contributed by atoms with E-state index in [0.717, 1.165) is 0 Å². The SMILES string of the molecule is COCCNc1nc([C@@H](C)Cn2cc(Cl)cn2)cc(=O)[nH]1. The Balaban J connectivity index is 2.09. The molecule has 0 aliphatic carbocycles. The third-order valence-corrected chi connectivity index (χ3v) is 3.12. The predicted octanol–water partition coefficient (Wildman–Crippen LogP) is 1.48. The molecule has 2 aromatic heterocycles. The largest absolute Gasteiger partial charge is 0.383 e. The summed E-state index contributed by atoms with van der Waals surface area (Å²) in [7, 11) is 1.62. The average molecular weight is 312 g/mol. The molecule has 0 radical (unpaired) electrons. The first kappa shape index (κ1) is 15.5. The van der Waals surface area contributed by atoms with Crippen molar-refractivity contribution >= 4 is 17.5 Å². The van der Waals surface area contributed by atoms with E-state index in [1.54, 1.807) is 24.2 Å². The normalized spacial score (nSPS) is 12.3. The van der Waals surface area contributed by atoms with E-state index in [2.05, 4.69) is 20.4 Å². The summed E-state index contributed by atoms with van der Waals surface area (Å²) in [5, 5.41) is 7.73. The zero-order valence-electron chi connectivity index (χ0n) is 12.0. The van der Waals surface area contributed by atoms with E-state index in [9.17, 15) is 4.79 Å². The van der Waals surface area contributed by atoms with Crippen LogP contribution in [0.5, 0.6) is 0 Å². The first-order chi connectivity index (χ1) is 10.1. The van der Waals surface area contributed by atoms with Crippen LogP contribution >= 0.6 is 11.6 Å². The molecular weight excluding hydrogens is 294 g/mol. The van der Waals surface area contributed by atoms with Gasteiger partial charge in [-0.3, -0.25) is 14.5 Å². The van der Waals surface area contributed by atoms with Crippen molar-refractivity contribution in [2.45, 2.75) is 19.4 Å². The number of aromatic nitrogens is 4. The van der Waals surface area contributed by atoms with Gasteiger partial charge in [-0.05, 0) is 0 Å². The molecule has 0 saturated carbocycles. The lowest BCUT2D eigenvalue weighted by atomic mass is 10.1. The quantitative estimate of drug-likeness (QED) is 0.757. The second-order valence-electron chi connectivity index (χ2n) is 4.72. The fraction of sp³-hybridized carbons (Fsp3) is 0.462. The molecule has 0 amide bonds. The summed E-state index contributed by atoms with van der Waals surface area (Å²) in [6.07, 6.45) is 3.32. The van der Waals surface area contributed by atoms with Crippen LogP contribution in [0, 0.1) is 0 Å². The number of nitrogens with zero attached hydrogens (tertiary/aromatic N) is 3. The summed E-state index contributed by atoms with van der Waals surface area (Å²) in [5.41, 5.74) is 0.510. The Bertz CT molecular complexity index is 639. The zero-order valence-corrected chi connectivity index (χ0v) is 12.7. The van der Waals surface area contributed by atoms with Gasteiger partial charge in [0.1, 0.15) is 0 Å². The number of rotatable bonds is 7. The Kier molecular flexibility index (Phi) is 5.35. The number of ether oxygens (including phenoxy) is 1. The number of halogens is 1. The van der Waals surface area contributed by atoms with Crippen molar-refractivity contribution in [3.8, 4) is 0 Å². The van der Waals surface area contributed by atoms with Gasteiger partial charge < -0.3 is 10.1 Å². The van der Waals surface area contributed by atoms with Crippen LogP contribution < -0.4 is 10.9 Å². The number of aromatic amines is 1. The molecule has 1 atom stereocenters. The van der Waals surface area contributed by atoms with Crippen LogP contribution in [0.3, 0.4) is 0 Å². The van der Waals surface area contributed by atoms with Crippen LogP contribution in [0.15, 0.2) is 23.3 Å². The minimum Gasteiger partial charge on any atom is -0.383 e. The smallest absolute Gasteiger partial charge is 0.252 e. The Hall–Kier alpha value is -1.86. The van der Waals surface area contributed by atoms with Gasteiger partial charge in [-0.25, -0.2) is 4.98 Å². The number of hydrogen-bond donors (Lipinski definition) is 2. The lowest BCUT2D eigenvalue weighted by molar-refractivity contribution is 0.210. The van der Waals surface area contributed by atoms with Gasteiger partial charge in [0.2, 0.25) is 5.95 Å². The molecule has 0 fully saturated rings. The summed E-state index contributed by atoms with van der Waals surface area (Å²) in [6, 6.07) is 1.50. The molecular formula is C13H18ClN5O2. The molecule has 2 heterocycles. The number of anilines is 1. The van der Waals surface area contributed by atoms with Crippen LogP contribution in [0.25, 0.3) is 0 Å². The van der Waals surface area contributed by atoms with E-state index in [1.165, 1.54) is 6.07 Å². The molecule has 2 rings (SSSR count). The highest BCUT2D eigenvalue weighted by Crippen LogP contribution is 2.15. The number of nitrogens with one attached hydrogen (secondary N) is 2. The zero-order chi connectivity index (χ0) is 15.2. The molecule has 114 valence electrons. The molecule has 0 aliphatic rings. The standard InChI is InChI=1S/C13H18ClN5O2/c1-9(7-19-8-10(14)6-16-19)11-5-12(20)18-13(17-11)15-3-4-21-2/h5-6,8-9H,3-4,7H2,1-2H3,(H2,15,17,18,20)/t9-/m0/s1. The predicted molar refractivity (Wildman–Crippen MR) is 80.9 cm³/mol. The van der Waals surface area contributed by atoms with Gasteiger partial charge >= 0.3 is 0 Å². The summed E-state index contributed by atoms with van der Waals surface area (Å²) in [5.74, 6) is 0.478. The third kappa shape index (κ3) is 4.57. The Morgan fingerprint density at radius 3 is 3.05 bits per heavy atom. The maximum Gasteiger partial charge on any atom is 0.252 e. The molecule has 21 heavy (non-hydrogen) atoms. The van der Waals surface area contributed by atoms with Crippen LogP contribution in [0.2, 0.25) is 5.02 Å². The average Bonchev–Trinajstić information content (AvgIpc) is 2.84. The highest BCUT2D eigenvalue weighted by molar-refractivity contribution is 6.30. The molecule has 0 aliphatic heterocycles. The number of hydrogen-bond acceptors (Lipinski definition) is 5. The maximum absolute atomic E-state index is 11.7. The van der Waals surface area contributed by atoms with Crippen LogP contribution in [-0.2, 0) is 11.3 Å². The Morgan fingerprint density at radius 2 is 2.38 bits per heavy atom. The minimum absolute atomic E-state index is 0.0336. The minimum atomic E-state index is -0.190. The molecule has 0 saturated heterocycles. The third-order valence-electron chi connectivity index (χ3n) is 2.93. The topological polar surface area (TPSA) is 84.8 Å². The first-order valence-electron chi connectivity index (χ1n) is 6.60. The van der Waals surface area contributed by atoms with E-state index in [-0.39, 0.29) is 11.5 Å². The van der Waals surface area contributed by atoms with Gasteiger partial charge in [0.15, 0.2) is 0 Å². The van der Waals surface area contributed by atoms with E-state index in [4.69, 9.17) is 16.3 Å². The second-order valence-corrected chi connectivity index (χ2v) is 5.16. The highest BCUT2D eigenvalue weighted by atomic mass is 35.5. The fourth-order valence-electron chi connectivity index (χ4n) is 1.90. The summed E-state index contributed by atoms with van der Waals surface area (Å²) < 4.78 is 6.68. The molecule has 0 aromatic carbocycles. The van der Waals surface area contributed by atoms with Crippen molar-refractivity contribution in [1.82, 2.24) is 19.7 Å². The van der Waals surface area contributed by atoms with Crippen molar-refractivity contribution in [3.05, 3.63) is 39.5 Å². The van der Waals surface area contributed by atoms with Crippen LogP contribution in [-0.4, -0.2) is 40.0 Å². The monoisotopic (exact) mass is 311 g/mol. The van der Waals surface area contributed by atoms with E-state index >= 15 is 0 Å². The molecule has 0 unspecified atom stereocenters. The van der Waals surface area contributed by atoms with Gasteiger partial charge in [0.05, 0.1) is 23.5 Å². The number of methoxy groups -OCH3 is 1. The van der Waals surface area contributed by atoms with Crippen molar-refractivity contribution < 1.29 is 4.74 Å². The van der Waals surface area contributed by atoms with E-state index in [0.29, 0.717) is 36.4 Å². The molecule has 2 N–H and O–H groups in total. The molecule has 2 aromatic rings. The van der Waals surface area contributed by atoms with Gasteiger partial charge in [0, 0.05) is 38.4 Å². The summed E-state index contributed by atoms with van der Waals surface area (Å²) >= 11 is 5.84. The Labute approximate surface area is 127 Å². The van der Waals surface area contributed by atoms with Crippen LogP contribution in [0.4, 0.5) is 5.95 Å². The maximum atomic E-state index is 11.7. The van der Waals surface area contributed by atoms with Gasteiger partial charge in [0.25, 0.3) is 5.56 Å². The summed E-state index contributed by atoms with van der Waals surface area (Å²) in [6.45, 7) is 3.69. The van der Waals surface area contributed by atoms with Gasteiger partial charge in [-0.2, -0.15) is 5.10 Å². The molecule has 0 bridgehead atoms. The first-order valence-corrected chi connectivity index (χ1v) is 6.98. The van der Waals surface area contributed by atoms with Crippen molar-refractivity contribution in [1.29, 1.82) is 0 Å². The second kappa shape index (κ2) is 7.24. The highest BCUT2D eigenvalue weighted by Gasteiger charge is 2.11. The molecule has 0 spiro atoms.